The monoisotopic (exact) mass is 715 g/mol. The largest absolute Gasteiger partial charge is 0.387 e. The van der Waals surface area contributed by atoms with E-state index in [-0.39, 0.29) is 19.0 Å². The molecule has 2 aliphatic rings. The molecule has 0 aromatic rings. The summed E-state index contributed by atoms with van der Waals surface area (Å²) in [6.45, 7) is 14.1. The van der Waals surface area contributed by atoms with E-state index < -0.39 is 70.5 Å². The molecule has 6 unspecified atom stereocenters. The third kappa shape index (κ3) is 14.6. The van der Waals surface area contributed by atoms with E-state index in [2.05, 4.69) is 25.5 Å². The SMILES string of the molecule is CCCCOCC1OC(O[C@@H]2C(COCCCC)OC(SCC)[C@@H](NS(=O)(=O)CCC)C2OCCCC)[C@@H](OCCCC)[C@H](O)C1O. The molecular formula is C33H65NO11S2. The molecule has 0 aliphatic carbocycles. The first-order chi connectivity index (χ1) is 22.7. The van der Waals surface area contributed by atoms with Gasteiger partial charge in [-0.2, -0.15) is 0 Å². The van der Waals surface area contributed by atoms with Gasteiger partial charge in [-0.25, -0.2) is 13.1 Å². The smallest absolute Gasteiger partial charge is 0.212 e. The number of ether oxygens (including phenoxy) is 7. The number of hydrogen-bond donors (Lipinski definition) is 3. The van der Waals surface area contributed by atoms with E-state index in [1.165, 1.54) is 11.8 Å². The molecule has 47 heavy (non-hydrogen) atoms. The van der Waals surface area contributed by atoms with E-state index >= 15 is 0 Å². The molecule has 2 fully saturated rings. The Morgan fingerprint density at radius 3 is 1.79 bits per heavy atom. The molecular weight excluding hydrogens is 650 g/mol. The predicted octanol–water partition coefficient (Wildman–Crippen LogP) is 4.00. The highest BCUT2D eigenvalue weighted by Crippen LogP contribution is 2.35. The average Bonchev–Trinajstić information content (AvgIpc) is 3.04. The topological polar surface area (TPSA) is 151 Å². The van der Waals surface area contributed by atoms with Gasteiger partial charge in [0.25, 0.3) is 0 Å². The van der Waals surface area contributed by atoms with Crippen LogP contribution in [-0.2, 0) is 43.2 Å². The molecule has 2 heterocycles. The fraction of sp³-hybridized carbons (Fsp3) is 1.00. The van der Waals surface area contributed by atoms with Crippen molar-refractivity contribution in [3.05, 3.63) is 0 Å². The lowest BCUT2D eigenvalue weighted by Gasteiger charge is -2.49. The van der Waals surface area contributed by atoms with E-state index in [1.807, 2.05) is 20.8 Å². The maximum absolute atomic E-state index is 13.2. The van der Waals surface area contributed by atoms with Crippen LogP contribution in [0.15, 0.2) is 0 Å². The van der Waals surface area contributed by atoms with Crippen LogP contribution in [0.3, 0.4) is 0 Å². The van der Waals surface area contributed by atoms with Crippen LogP contribution in [0.2, 0.25) is 0 Å². The molecule has 2 aliphatic heterocycles. The van der Waals surface area contributed by atoms with Crippen molar-refractivity contribution in [1.29, 1.82) is 0 Å². The van der Waals surface area contributed by atoms with Crippen LogP contribution in [0.5, 0.6) is 0 Å². The molecule has 0 radical (unpaired) electrons. The Labute approximate surface area is 288 Å². The van der Waals surface area contributed by atoms with Crippen LogP contribution in [0.25, 0.3) is 0 Å². The summed E-state index contributed by atoms with van der Waals surface area (Å²) < 4.78 is 73.4. The lowest BCUT2D eigenvalue weighted by atomic mass is 9.96. The van der Waals surface area contributed by atoms with Gasteiger partial charge >= 0.3 is 0 Å². The van der Waals surface area contributed by atoms with Gasteiger partial charge < -0.3 is 43.4 Å². The molecule has 0 amide bonds. The first-order valence-electron chi connectivity index (χ1n) is 18.0. The molecule has 280 valence electrons. The van der Waals surface area contributed by atoms with Gasteiger partial charge in [0.2, 0.25) is 10.0 Å². The Morgan fingerprint density at radius 2 is 1.23 bits per heavy atom. The highest BCUT2D eigenvalue weighted by atomic mass is 32.2. The number of aliphatic hydroxyl groups excluding tert-OH is 2. The first-order valence-corrected chi connectivity index (χ1v) is 20.7. The summed E-state index contributed by atoms with van der Waals surface area (Å²) >= 11 is 1.50. The van der Waals surface area contributed by atoms with Gasteiger partial charge in [0.1, 0.15) is 48.2 Å². The third-order valence-corrected chi connectivity index (χ3v) is 10.8. The lowest BCUT2D eigenvalue weighted by molar-refractivity contribution is -0.343. The number of unbranched alkanes of at least 4 members (excludes halogenated alkanes) is 4. The van der Waals surface area contributed by atoms with Crippen molar-refractivity contribution in [2.75, 3.05) is 51.1 Å². The first kappa shape index (κ1) is 43.1. The minimum atomic E-state index is -3.67. The average molecular weight is 716 g/mol. The Hall–Kier alpha value is -0.100. The van der Waals surface area contributed by atoms with Crippen LogP contribution < -0.4 is 4.72 Å². The standard InChI is InChI=1S/C33H65NO11S2/c1-7-13-17-39-22-24-27(35)28(36)31(42-20-16-10-4)32(43-24)45-29-25(23-40-18-14-8-2)44-33(46-12-6)26(30(29)41-19-15-9-3)34-47(37,38)21-11-5/h24-36H,7-23H2,1-6H3/t24?,25?,26-,27?,28+,29+,30?,31-,32?,33?/m0/s1. The van der Waals surface area contributed by atoms with Gasteiger partial charge in [0.05, 0.1) is 25.0 Å². The summed E-state index contributed by atoms with van der Waals surface area (Å²) in [4.78, 5) is 0. The molecule has 0 spiro atoms. The number of sulfonamides is 1. The quantitative estimate of drug-likeness (QED) is 0.111. The van der Waals surface area contributed by atoms with Gasteiger partial charge in [-0.1, -0.05) is 67.2 Å². The Kier molecular flexibility index (Phi) is 22.1. The molecule has 0 aromatic carbocycles. The summed E-state index contributed by atoms with van der Waals surface area (Å²) in [6.07, 6.45) is -0.443. The van der Waals surface area contributed by atoms with Gasteiger partial charge in [0, 0.05) is 26.4 Å². The molecule has 12 nitrogen and oxygen atoms in total. The highest BCUT2D eigenvalue weighted by Gasteiger charge is 2.53. The van der Waals surface area contributed by atoms with E-state index in [1.54, 1.807) is 0 Å². The summed E-state index contributed by atoms with van der Waals surface area (Å²) in [6, 6.07) is -0.767. The second-order valence-corrected chi connectivity index (χ2v) is 15.6. The van der Waals surface area contributed by atoms with Crippen molar-refractivity contribution >= 4 is 21.8 Å². The van der Waals surface area contributed by atoms with E-state index in [0.29, 0.717) is 38.6 Å². The number of nitrogens with one attached hydrogen (secondary N) is 1. The Balaban J connectivity index is 2.52. The zero-order chi connectivity index (χ0) is 34.7. The van der Waals surface area contributed by atoms with Crippen LogP contribution in [0.1, 0.15) is 99.3 Å². The molecule has 14 heteroatoms. The van der Waals surface area contributed by atoms with Crippen LogP contribution in [0.4, 0.5) is 0 Å². The molecule has 0 saturated carbocycles. The second kappa shape index (κ2) is 24.2. The maximum Gasteiger partial charge on any atom is 0.212 e. The predicted molar refractivity (Wildman–Crippen MR) is 184 cm³/mol. The number of aliphatic hydroxyl groups is 2. The Morgan fingerprint density at radius 1 is 0.681 bits per heavy atom. The zero-order valence-corrected chi connectivity index (χ0v) is 31.3. The van der Waals surface area contributed by atoms with Crippen molar-refractivity contribution in [1.82, 2.24) is 4.72 Å². The third-order valence-electron chi connectivity index (χ3n) is 8.17. The highest BCUT2D eigenvalue weighted by molar-refractivity contribution is 7.99. The second-order valence-electron chi connectivity index (χ2n) is 12.3. The summed E-state index contributed by atoms with van der Waals surface area (Å²) in [5.74, 6) is 0.656. The molecule has 2 saturated heterocycles. The zero-order valence-electron chi connectivity index (χ0n) is 29.7. The van der Waals surface area contributed by atoms with Gasteiger partial charge in [-0.05, 0) is 37.9 Å². The van der Waals surface area contributed by atoms with Crippen LogP contribution in [0, 0.1) is 0 Å². The Bertz CT molecular complexity index is 900. The number of thioether (sulfide) groups is 1. The van der Waals surface area contributed by atoms with Crippen molar-refractivity contribution < 1.29 is 51.8 Å². The summed E-state index contributed by atoms with van der Waals surface area (Å²) in [7, 11) is -3.67. The van der Waals surface area contributed by atoms with E-state index in [4.69, 9.17) is 33.2 Å². The lowest BCUT2D eigenvalue weighted by Crippen LogP contribution is -2.67. The van der Waals surface area contributed by atoms with Crippen LogP contribution >= 0.6 is 11.8 Å². The van der Waals surface area contributed by atoms with Crippen molar-refractivity contribution in [2.24, 2.45) is 0 Å². The summed E-state index contributed by atoms with van der Waals surface area (Å²) in [5, 5.41) is 22.4. The molecule has 3 N–H and O–H groups in total. The van der Waals surface area contributed by atoms with Gasteiger partial charge in [-0.15, -0.1) is 11.8 Å². The normalized spacial score (nSPS) is 31.7. The van der Waals surface area contributed by atoms with Crippen molar-refractivity contribution in [3.63, 3.8) is 0 Å². The van der Waals surface area contributed by atoms with E-state index in [0.717, 1.165) is 51.4 Å². The number of hydrogen-bond acceptors (Lipinski definition) is 12. The molecule has 0 aromatic heterocycles. The fourth-order valence-corrected chi connectivity index (χ4v) is 7.87. The van der Waals surface area contributed by atoms with Gasteiger partial charge in [0.15, 0.2) is 6.29 Å². The molecule has 10 atom stereocenters. The van der Waals surface area contributed by atoms with Crippen LogP contribution in [-0.4, -0.2) is 130 Å². The fourth-order valence-electron chi connectivity index (χ4n) is 5.47. The van der Waals surface area contributed by atoms with E-state index in [9.17, 15) is 18.6 Å². The summed E-state index contributed by atoms with van der Waals surface area (Å²) in [5.41, 5.74) is -0.561. The number of rotatable bonds is 26. The molecule has 0 bridgehead atoms. The molecule has 2 rings (SSSR count). The minimum absolute atomic E-state index is 0.0351. The van der Waals surface area contributed by atoms with Gasteiger partial charge in [-0.3, -0.25) is 0 Å². The minimum Gasteiger partial charge on any atom is -0.387 e. The van der Waals surface area contributed by atoms with Crippen molar-refractivity contribution in [2.45, 2.75) is 160 Å². The maximum atomic E-state index is 13.2. The van der Waals surface area contributed by atoms with Crippen molar-refractivity contribution in [3.8, 4) is 0 Å².